The zero-order valence-corrected chi connectivity index (χ0v) is 25.1. The standard InChI is InChI=1S/C44H28N2/c1-2-15-33(16-3-1)45-40-20-10-8-18-36(40)38-28-32(23-25-42(38)45)43-35-17-7-6-14-31(35)27-39-37-19-9-11-21-41(37)46(44(39)43)34-24-22-29-12-4-5-13-30(29)26-34/h1-28H. The van der Waals surface area contributed by atoms with E-state index in [1.807, 2.05) is 0 Å². The second kappa shape index (κ2) is 9.69. The van der Waals surface area contributed by atoms with Crippen LogP contribution in [0.2, 0.25) is 0 Å². The number of nitrogens with zero attached hydrogens (tertiary/aromatic N) is 2. The van der Waals surface area contributed by atoms with Crippen molar-refractivity contribution in [1.82, 2.24) is 9.13 Å². The van der Waals surface area contributed by atoms with Gasteiger partial charge in [-0.15, -0.1) is 0 Å². The predicted molar refractivity (Wildman–Crippen MR) is 196 cm³/mol. The Bertz CT molecular complexity index is 2800. The topological polar surface area (TPSA) is 9.86 Å². The van der Waals surface area contributed by atoms with Crippen LogP contribution < -0.4 is 0 Å². The van der Waals surface area contributed by atoms with Gasteiger partial charge in [0, 0.05) is 38.5 Å². The lowest BCUT2D eigenvalue weighted by molar-refractivity contribution is 1.18. The highest BCUT2D eigenvalue weighted by Gasteiger charge is 2.21. The quantitative estimate of drug-likeness (QED) is 0.195. The third-order valence-electron chi connectivity index (χ3n) is 9.65. The van der Waals surface area contributed by atoms with Crippen LogP contribution in [0.25, 0.3) is 87.7 Å². The molecule has 214 valence electrons. The van der Waals surface area contributed by atoms with Crippen molar-refractivity contribution in [2.24, 2.45) is 0 Å². The molecule has 0 saturated carbocycles. The summed E-state index contributed by atoms with van der Waals surface area (Å²) in [6, 6.07) is 62.1. The molecule has 2 aromatic heterocycles. The molecule has 10 aromatic rings. The van der Waals surface area contributed by atoms with Crippen molar-refractivity contribution in [3.05, 3.63) is 170 Å². The van der Waals surface area contributed by atoms with E-state index in [1.54, 1.807) is 0 Å². The molecule has 0 radical (unpaired) electrons. The average molecular weight is 585 g/mol. The molecule has 2 nitrogen and oxygen atoms in total. The van der Waals surface area contributed by atoms with Crippen molar-refractivity contribution in [2.45, 2.75) is 0 Å². The molecular formula is C44H28N2. The lowest BCUT2D eigenvalue weighted by Gasteiger charge is -2.15. The first-order valence-electron chi connectivity index (χ1n) is 15.9. The van der Waals surface area contributed by atoms with Gasteiger partial charge in [0.2, 0.25) is 0 Å². The van der Waals surface area contributed by atoms with E-state index < -0.39 is 0 Å². The van der Waals surface area contributed by atoms with Gasteiger partial charge in [-0.2, -0.15) is 0 Å². The second-order valence-corrected chi connectivity index (χ2v) is 12.2. The minimum atomic E-state index is 1.17. The maximum Gasteiger partial charge on any atom is 0.0625 e. The molecule has 0 atom stereocenters. The molecule has 0 unspecified atom stereocenters. The molecule has 0 N–H and O–H groups in total. The van der Waals surface area contributed by atoms with Gasteiger partial charge in [-0.25, -0.2) is 0 Å². The Hall–Kier alpha value is -6.12. The summed E-state index contributed by atoms with van der Waals surface area (Å²) in [5, 5.41) is 10.0. The number of hydrogen-bond acceptors (Lipinski definition) is 0. The predicted octanol–water partition coefficient (Wildman–Crippen LogP) is 11.9. The first-order valence-corrected chi connectivity index (χ1v) is 15.9. The molecule has 0 spiro atoms. The average Bonchev–Trinajstić information content (AvgIpc) is 3.63. The minimum Gasteiger partial charge on any atom is -0.309 e. The van der Waals surface area contributed by atoms with Gasteiger partial charge in [-0.1, -0.05) is 115 Å². The van der Waals surface area contributed by atoms with Gasteiger partial charge in [-0.3, -0.25) is 0 Å². The highest BCUT2D eigenvalue weighted by Crippen LogP contribution is 2.44. The summed E-state index contributed by atoms with van der Waals surface area (Å²) in [4.78, 5) is 0. The largest absolute Gasteiger partial charge is 0.309 e. The summed E-state index contributed by atoms with van der Waals surface area (Å²) in [6.45, 7) is 0. The molecule has 0 aliphatic carbocycles. The zero-order valence-electron chi connectivity index (χ0n) is 25.1. The van der Waals surface area contributed by atoms with Crippen molar-refractivity contribution in [3.8, 4) is 22.5 Å². The van der Waals surface area contributed by atoms with Crippen LogP contribution in [0, 0.1) is 0 Å². The van der Waals surface area contributed by atoms with Gasteiger partial charge < -0.3 is 9.13 Å². The first kappa shape index (κ1) is 25.2. The van der Waals surface area contributed by atoms with Crippen LogP contribution in [0.15, 0.2) is 170 Å². The van der Waals surface area contributed by atoms with Crippen molar-refractivity contribution >= 4 is 65.2 Å². The molecule has 0 saturated heterocycles. The highest BCUT2D eigenvalue weighted by molar-refractivity contribution is 6.22. The summed E-state index contributed by atoms with van der Waals surface area (Å²) in [6.07, 6.45) is 0. The summed E-state index contributed by atoms with van der Waals surface area (Å²) in [5.41, 5.74) is 9.70. The third-order valence-corrected chi connectivity index (χ3v) is 9.65. The van der Waals surface area contributed by atoms with E-state index >= 15 is 0 Å². The molecule has 0 bridgehead atoms. The first-order chi connectivity index (χ1) is 22.8. The van der Waals surface area contributed by atoms with E-state index in [0.29, 0.717) is 0 Å². The van der Waals surface area contributed by atoms with E-state index in [2.05, 4.69) is 179 Å². The van der Waals surface area contributed by atoms with Crippen LogP contribution in [-0.2, 0) is 0 Å². The van der Waals surface area contributed by atoms with Gasteiger partial charge in [0.25, 0.3) is 0 Å². The van der Waals surface area contributed by atoms with E-state index in [0.717, 1.165) is 0 Å². The molecule has 0 fully saturated rings. The van der Waals surface area contributed by atoms with Crippen molar-refractivity contribution in [1.29, 1.82) is 0 Å². The van der Waals surface area contributed by atoms with Crippen molar-refractivity contribution < 1.29 is 0 Å². The fraction of sp³-hybridized carbons (Fsp3) is 0. The molecule has 10 rings (SSSR count). The molecule has 0 amide bonds. The minimum absolute atomic E-state index is 1.17. The van der Waals surface area contributed by atoms with Crippen LogP contribution in [0.3, 0.4) is 0 Å². The maximum atomic E-state index is 2.48. The Kier molecular flexibility index (Phi) is 5.31. The lowest BCUT2D eigenvalue weighted by Crippen LogP contribution is -1.97. The number of benzene rings is 8. The normalized spacial score (nSPS) is 11.9. The van der Waals surface area contributed by atoms with E-state index in [9.17, 15) is 0 Å². The van der Waals surface area contributed by atoms with Gasteiger partial charge in [0.05, 0.1) is 22.1 Å². The van der Waals surface area contributed by atoms with E-state index in [-0.39, 0.29) is 0 Å². The molecular weight excluding hydrogens is 556 g/mol. The Morgan fingerprint density at radius 3 is 1.72 bits per heavy atom. The molecule has 8 aromatic carbocycles. The molecule has 0 aliphatic heterocycles. The molecule has 2 heterocycles. The Morgan fingerprint density at radius 1 is 0.304 bits per heavy atom. The number of para-hydroxylation sites is 3. The summed E-state index contributed by atoms with van der Waals surface area (Å²) in [5.74, 6) is 0. The monoisotopic (exact) mass is 584 g/mol. The maximum absolute atomic E-state index is 2.48. The van der Waals surface area contributed by atoms with Gasteiger partial charge >= 0.3 is 0 Å². The van der Waals surface area contributed by atoms with Crippen LogP contribution >= 0.6 is 0 Å². The SMILES string of the molecule is c1ccc(-n2c3ccccc3c3cc(-c4c5ccccc5cc5c6ccccc6n(-c6ccc7ccccc7c6)c45)ccc32)cc1. The fourth-order valence-corrected chi connectivity index (χ4v) is 7.65. The third kappa shape index (κ3) is 3.59. The van der Waals surface area contributed by atoms with Gasteiger partial charge in [-0.05, 0) is 81.7 Å². The van der Waals surface area contributed by atoms with Gasteiger partial charge in [0.15, 0.2) is 0 Å². The highest BCUT2D eigenvalue weighted by atomic mass is 15.0. The smallest absolute Gasteiger partial charge is 0.0625 e. The molecule has 2 heteroatoms. The second-order valence-electron chi connectivity index (χ2n) is 12.2. The summed E-state index contributed by atoms with van der Waals surface area (Å²) < 4.78 is 4.87. The molecule has 46 heavy (non-hydrogen) atoms. The zero-order chi connectivity index (χ0) is 30.2. The Labute approximate surface area is 266 Å². The van der Waals surface area contributed by atoms with Crippen LogP contribution in [0.5, 0.6) is 0 Å². The van der Waals surface area contributed by atoms with Gasteiger partial charge in [0.1, 0.15) is 0 Å². The van der Waals surface area contributed by atoms with Crippen LogP contribution in [-0.4, -0.2) is 9.13 Å². The van der Waals surface area contributed by atoms with E-state index in [1.165, 1.54) is 87.7 Å². The number of rotatable bonds is 3. The van der Waals surface area contributed by atoms with E-state index in [4.69, 9.17) is 0 Å². The molecule has 0 aliphatic rings. The number of fused-ring (bicyclic) bond motifs is 8. The Morgan fingerprint density at radius 2 is 0.913 bits per heavy atom. The van der Waals surface area contributed by atoms with Crippen molar-refractivity contribution in [3.63, 3.8) is 0 Å². The van der Waals surface area contributed by atoms with Crippen LogP contribution in [0.1, 0.15) is 0 Å². The summed E-state index contributed by atoms with van der Waals surface area (Å²) in [7, 11) is 0. The number of aromatic nitrogens is 2. The lowest BCUT2D eigenvalue weighted by atomic mass is 9.93. The van der Waals surface area contributed by atoms with Crippen LogP contribution in [0.4, 0.5) is 0 Å². The van der Waals surface area contributed by atoms with Crippen molar-refractivity contribution in [2.75, 3.05) is 0 Å². The summed E-state index contributed by atoms with van der Waals surface area (Å²) >= 11 is 0. The number of hydrogen-bond donors (Lipinski definition) is 0. The Balaban J connectivity index is 1.36. The fourth-order valence-electron chi connectivity index (χ4n) is 7.65.